The van der Waals surface area contributed by atoms with E-state index in [0.717, 1.165) is 141 Å². The van der Waals surface area contributed by atoms with Gasteiger partial charge in [0, 0.05) is 12.8 Å². The van der Waals surface area contributed by atoms with Crippen LogP contribution in [-0.2, 0) is 32.7 Å². The van der Waals surface area contributed by atoms with Crippen LogP contribution in [-0.4, -0.2) is 70.0 Å². The Hall–Kier alpha value is -4.11. The summed E-state index contributed by atoms with van der Waals surface area (Å²) in [5.41, 5.74) is 0. The molecule has 0 rings (SSSR count). The average Bonchev–Trinajstić information content (AvgIpc) is 3.34. The summed E-state index contributed by atoms with van der Waals surface area (Å²) in [6.45, 7) is 3.93. The minimum Gasteiger partial charge on any atom is -0.756 e. The molecule has 0 aliphatic rings. The SMILES string of the molecule is CC/C=C\C/C=C\C/C=C\C/C=C\C/C=C\C/C=C\C/C=C\C/C=C\C/C=C\CCCCCCCC(=O)OC(COC(=O)CCCCCCC/C=C\C/C=C\C/C=C\CC)COP(=O)([O-])OCC[N+](C)(C)C. The van der Waals surface area contributed by atoms with Crippen LogP contribution < -0.4 is 4.89 Å². The molecule has 0 saturated carbocycles. The number of unbranched alkanes of at least 4 members (excludes halogenated alkanes) is 10. The van der Waals surface area contributed by atoms with Crippen LogP contribution in [0.15, 0.2) is 146 Å². The number of hydrogen-bond donors (Lipinski definition) is 0. The minimum atomic E-state index is -4.65. The molecule has 0 aromatic carbocycles. The fourth-order valence-electron chi connectivity index (χ4n) is 6.66. The van der Waals surface area contributed by atoms with E-state index in [2.05, 4.69) is 160 Å². The summed E-state index contributed by atoms with van der Waals surface area (Å²) in [5, 5.41) is 0. The standard InChI is InChI=1S/C62H100NO8P/c1-6-8-10-12-14-16-18-20-22-23-24-25-26-27-28-29-30-31-32-33-34-35-36-37-38-39-41-43-45-47-49-51-53-55-62(65)71-60(59-70-72(66,67)69-57-56-63(3,4)5)58-68-61(64)54-52-50-48-46-44-42-40-21-19-17-15-13-11-9-7-2/h8-11,14-17,20-22,24-25,27-28,30-31,33-34,36-37,39-41,60H,6-7,12-13,18-19,23,26,29,32,35,38,42-59H2,1-5H3/b10-8-,11-9-,16-14-,17-15-,22-20-,25-24-,28-27-,31-30-,34-33-,37-36-,40-21-,41-39-. The van der Waals surface area contributed by atoms with Crippen LogP contribution >= 0.6 is 7.82 Å². The van der Waals surface area contributed by atoms with Gasteiger partial charge < -0.3 is 27.9 Å². The Labute approximate surface area is 440 Å². The zero-order valence-corrected chi connectivity index (χ0v) is 46.7. The van der Waals surface area contributed by atoms with Crippen LogP contribution in [0.25, 0.3) is 0 Å². The van der Waals surface area contributed by atoms with Gasteiger partial charge in [0.15, 0.2) is 6.10 Å². The van der Waals surface area contributed by atoms with Crippen molar-refractivity contribution in [1.29, 1.82) is 0 Å². The zero-order chi connectivity index (χ0) is 52.7. The maximum absolute atomic E-state index is 12.8. The molecule has 9 nitrogen and oxygen atoms in total. The highest BCUT2D eigenvalue weighted by Gasteiger charge is 2.21. The van der Waals surface area contributed by atoms with Crippen molar-refractivity contribution in [3.8, 4) is 0 Å². The van der Waals surface area contributed by atoms with Crippen molar-refractivity contribution in [3.05, 3.63) is 146 Å². The number of likely N-dealkylation sites (N-methyl/N-ethyl adjacent to an activating group) is 1. The number of carbonyl (C=O) groups is 2. The number of nitrogens with zero attached hydrogens (tertiary/aromatic N) is 1. The first-order chi connectivity index (χ1) is 35.0. The number of rotatable bonds is 48. The molecule has 0 aromatic rings. The van der Waals surface area contributed by atoms with E-state index in [-0.39, 0.29) is 26.1 Å². The Balaban J connectivity index is 4.28. The largest absolute Gasteiger partial charge is 0.756 e. The van der Waals surface area contributed by atoms with E-state index in [1.807, 2.05) is 21.1 Å². The number of quaternary nitrogens is 1. The van der Waals surface area contributed by atoms with E-state index >= 15 is 0 Å². The van der Waals surface area contributed by atoms with Gasteiger partial charge in [-0.05, 0) is 116 Å². The quantitative estimate of drug-likeness (QED) is 0.0195. The first-order valence-corrected chi connectivity index (χ1v) is 29.0. The van der Waals surface area contributed by atoms with Gasteiger partial charge in [-0.1, -0.05) is 198 Å². The van der Waals surface area contributed by atoms with E-state index in [1.54, 1.807) is 0 Å². The summed E-state index contributed by atoms with van der Waals surface area (Å²) in [7, 11) is 1.11. The summed E-state index contributed by atoms with van der Waals surface area (Å²) in [6.07, 6.45) is 76.0. The fraction of sp³-hybridized carbons (Fsp3) is 0.581. The van der Waals surface area contributed by atoms with E-state index in [1.165, 1.54) is 0 Å². The molecule has 10 heteroatoms. The monoisotopic (exact) mass is 1020 g/mol. The Bertz CT molecular complexity index is 1720. The smallest absolute Gasteiger partial charge is 0.306 e. The highest BCUT2D eigenvalue weighted by molar-refractivity contribution is 7.45. The van der Waals surface area contributed by atoms with Gasteiger partial charge in [-0.25, -0.2) is 0 Å². The topological polar surface area (TPSA) is 111 Å². The molecular weight excluding hydrogens is 918 g/mol. The lowest BCUT2D eigenvalue weighted by Gasteiger charge is -2.28. The minimum absolute atomic E-state index is 0.0468. The van der Waals surface area contributed by atoms with Gasteiger partial charge in [0.1, 0.15) is 19.8 Å². The number of carbonyl (C=O) groups excluding carboxylic acids is 2. The molecule has 0 aromatic heterocycles. The third kappa shape index (κ3) is 55.2. The number of phosphoric ester groups is 1. The molecule has 406 valence electrons. The van der Waals surface area contributed by atoms with Crippen molar-refractivity contribution in [2.75, 3.05) is 47.5 Å². The summed E-state index contributed by atoms with van der Waals surface area (Å²) >= 11 is 0. The molecular formula is C62H100NO8P. The van der Waals surface area contributed by atoms with Crippen molar-refractivity contribution >= 4 is 19.8 Å². The molecule has 0 aliphatic carbocycles. The molecule has 0 saturated heterocycles. The van der Waals surface area contributed by atoms with Crippen LogP contribution in [0.2, 0.25) is 0 Å². The summed E-state index contributed by atoms with van der Waals surface area (Å²) < 4.78 is 34.0. The number of esters is 2. The van der Waals surface area contributed by atoms with Crippen molar-refractivity contribution in [3.63, 3.8) is 0 Å². The fourth-order valence-corrected chi connectivity index (χ4v) is 7.39. The maximum atomic E-state index is 12.8. The average molecular weight is 1020 g/mol. The van der Waals surface area contributed by atoms with Crippen molar-refractivity contribution in [2.24, 2.45) is 0 Å². The van der Waals surface area contributed by atoms with Crippen LogP contribution in [0.1, 0.15) is 181 Å². The van der Waals surface area contributed by atoms with E-state index in [4.69, 9.17) is 18.5 Å². The van der Waals surface area contributed by atoms with E-state index in [0.29, 0.717) is 23.9 Å². The predicted molar refractivity (Wildman–Crippen MR) is 304 cm³/mol. The number of hydrogen-bond acceptors (Lipinski definition) is 8. The van der Waals surface area contributed by atoms with Crippen LogP contribution in [0.4, 0.5) is 0 Å². The molecule has 2 unspecified atom stereocenters. The number of ether oxygens (including phenoxy) is 2. The molecule has 0 spiro atoms. The first kappa shape index (κ1) is 67.9. The molecule has 0 N–H and O–H groups in total. The number of phosphoric acid groups is 1. The van der Waals surface area contributed by atoms with Gasteiger partial charge in [0.25, 0.3) is 7.82 Å². The lowest BCUT2D eigenvalue weighted by atomic mass is 10.1. The lowest BCUT2D eigenvalue weighted by Crippen LogP contribution is -2.37. The molecule has 0 heterocycles. The molecule has 2 atom stereocenters. The first-order valence-electron chi connectivity index (χ1n) is 27.5. The van der Waals surface area contributed by atoms with Gasteiger partial charge in [-0.2, -0.15) is 0 Å². The van der Waals surface area contributed by atoms with E-state index in [9.17, 15) is 19.0 Å². The van der Waals surface area contributed by atoms with Gasteiger partial charge >= 0.3 is 11.9 Å². The van der Waals surface area contributed by atoms with Crippen molar-refractivity contribution < 1.29 is 42.1 Å². The molecule has 0 fully saturated rings. The number of allylic oxidation sites excluding steroid dienone is 24. The summed E-state index contributed by atoms with van der Waals surface area (Å²) in [4.78, 5) is 37.8. The van der Waals surface area contributed by atoms with Gasteiger partial charge in [-0.3, -0.25) is 14.2 Å². The van der Waals surface area contributed by atoms with Crippen LogP contribution in [0.3, 0.4) is 0 Å². The Kier molecular flexibility index (Phi) is 48.8. The second kappa shape index (κ2) is 51.8. The zero-order valence-electron chi connectivity index (χ0n) is 45.8. The Morgan fingerprint density at radius 2 is 0.750 bits per heavy atom. The molecule has 0 amide bonds. The molecule has 72 heavy (non-hydrogen) atoms. The lowest BCUT2D eigenvalue weighted by molar-refractivity contribution is -0.870. The van der Waals surface area contributed by atoms with Crippen LogP contribution in [0, 0.1) is 0 Å². The highest BCUT2D eigenvalue weighted by Crippen LogP contribution is 2.38. The van der Waals surface area contributed by atoms with Gasteiger partial charge in [0.2, 0.25) is 0 Å². The van der Waals surface area contributed by atoms with Gasteiger partial charge in [0.05, 0.1) is 27.7 Å². The second-order valence-electron chi connectivity index (χ2n) is 18.8. The van der Waals surface area contributed by atoms with Crippen LogP contribution in [0.5, 0.6) is 0 Å². The molecule has 0 radical (unpaired) electrons. The summed E-state index contributed by atoms with van der Waals surface area (Å²) in [6, 6.07) is 0. The third-order valence-corrected chi connectivity index (χ3v) is 11.8. The molecule has 0 aliphatic heterocycles. The van der Waals surface area contributed by atoms with E-state index < -0.39 is 32.5 Å². The van der Waals surface area contributed by atoms with Gasteiger partial charge in [-0.15, -0.1) is 0 Å². The molecule has 0 bridgehead atoms. The Morgan fingerprint density at radius 1 is 0.431 bits per heavy atom. The normalized spacial score (nSPS) is 14.5. The Morgan fingerprint density at radius 3 is 1.11 bits per heavy atom. The van der Waals surface area contributed by atoms with Crippen molar-refractivity contribution in [2.45, 2.75) is 187 Å². The third-order valence-electron chi connectivity index (χ3n) is 10.9. The maximum Gasteiger partial charge on any atom is 0.306 e. The summed E-state index contributed by atoms with van der Waals surface area (Å²) in [5.74, 6) is -0.890. The second-order valence-corrected chi connectivity index (χ2v) is 20.2. The van der Waals surface area contributed by atoms with Crippen molar-refractivity contribution in [1.82, 2.24) is 0 Å². The predicted octanol–water partition coefficient (Wildman–Crippen LogP) is 16.5. The highest BCUT2D eigenvalue weighted by atomic mass is 31.2.